The van der Waals surface area contributed by atoms with Gasteiger partial charge in [-0.2, -0.15) is 0 Å². The predicted octanol–water partition coefficient (Wildman–Crippen LogP) is 6.32. The second kappa shape index (κ2) is 8.75. The number of nitrogens with one attached hydrogen (secondary N) is 1. The van der Waals surface area contributed by atoms with E-state index in [2.05, 4.69) is 16.5 Å². The average molecular weight is 456 g/mol. The summed E-state index contributed by atoms with van der Waals surface area (Å²) in [6.07, 6.45) is 0. The Morgan fingerprint density at radius 1 is 1.19 bits per heavy atom. The summed E-state index contributed by atoms with van der Waals surface area (Å²) in [6.45, 7) is 4.00. The van der Waals surface area contributed by atoms with Gasteiger partial charge in [0.1, 0.15) is 0 Å². The molecule has 4 nitrogen and oxygen atoms in total. The van der Waals surface area contributed by atoms with Crippen LogP contribution in [0.15, 0.2) is 40.7 Å². The minimum Gasteiger partial charge on any atom is -0.325 e. The van der Waals surface area contributed by atoms with Gasteiger partial charge in [-0.1, -0.05) is 52.4 Å². The summed E-state index contributed by atoms with van der Waals surface area (Å²) in [7, 11) is 0. The number of amides is 1. The minimum absolute atomic E-state index is 0.0906. The summed E-state index contributed by atoms with van der Waals surface area (Å²) in [4.78, 5) is 12.2. The zero-order chi connectivity index (χ0) is 19.6. The van der Waals surface area contributed by atoms with Gasteiger partial charge >= 0.3 is 0 Å². The van der Waals surface area contributed by atoms with Crippen LogP contribution in [-0.2, 0) is 4.79 Å². The van der Waals surface area contributed by atoms with Gasteiger partial charge in [0.05, 0.1) is 21.5 Å². The van der Waals surface area contributed by atoms with Gasteiger partial charge < -0.3 is 5.32 Å². The monoisotopic (exact) mass is 455 g/mol. The Kier molecular flexibility index (Phi) is 6.60. The molecule has 1 aromatic heterocycles. The van der Waals surface area contributed by atoms with Crippen LogP contribution >= 0.6 is 58.5 Å². The molecule has 140 valence electrons. The van der Waals surface area contributed by atoms with Crippen molar-refractivity contribution in [2.45, 2.75) is 18.2 Å². The number of rotatable bonds is 5. The fourth-order valence-corrected chi connectivity index (χ4v) is 4.92. The van der Waals surface area contributed by atoms with Gasteiger partial charge in [-0.25, -0.2) is 4.68 Å². The van der Waals surface area contributed by atoms with Gasteiger partial charge in [0.25, 0.3) is 0 Å². The predicted molar refractivity (Wildman–Crippen MR) is 118 cm³/mol. The first-order valence-corrected chi connectivity index (χ1v) is 10.8. The van der Waals surface area contributed by atoms with E-state index in [0.717, 1.165) is 22.5 Å². The molecule has 0 saturated heterocycles. The molecule has 27 heavy (non-hydrogen) atoms. The molecule has 1 N–H and O–H groups in total. The topological polar surface area (TPSA) is 46.9 Å². The number of anilines is 1. The fraction of sp³-hybridized carbons (Fsp3) is 0.167. The smallest absolute Gasteiger partial charge is 0.234 e. The highest BCUT2D eigenvalue weighted by molar-refractivity contribution is 8.01. The number of thioether (sulfide) groups is 1. The second-order valence-corrected chi connectivity index (χ2v) is 9.52. The first kappa shape index (κ1) is 20.4. The lowest BCUT2D eigenvalue weighted by Crippen LogP contribution is -2.14. The number of carbonyl (C=O) groups excluding carboxylic acids is 1. The molecule has 0 bridgehead atoms. The molecule has 0 unspecified atom stereocenters. The molecule has 9 heteroatoms. The standard InChI is InChI=1S/C18H15Cl2N3OS3/c1-10-5-11(2)7-12(6-10)21-16(24)9-26-17-22-23(18(25)27-17)13-3-4-14(19)15(20)8-13/h3-8H,9H2,1-2H3,(H,21,24). The molecule has 1 heterocycles. The van der Waals surface area contributed by atoms with Gasteiger partial charge in [-0.3, -0.25) is 4.79 Å². The number of hydrogen-bond donors (Lipinski definition) is 1. The number of carbonyl (C=O) groups is 1. The van der Waals surface area contributed by atoms with Gasteiger partial charge in [0.15, 0.2) is 8.29 Å². The van der Waals surface area contributed by atoms with E-state index < -0.39 is 0 Å². The van der Waals surface area contributed by atoms with E-state index in [1.807, 2.05) is 26.0 Å². The number of halogens is 2. The third kappa shape index (κ3) is 5.33. The summed E-state index contributed by atoms with van der Waals surface area (Å²) in [5.41, 5.74) is 3.75. The molecule has 0 fully saturated rings. The van der Waals surface area contributed by atoms with Gasteiger partial charge in [-0.15, -0.1) is 5.10 Å². The molecular formula is C18H15Cl2N3OS3. The maximum Gasteiger partial charge on any atom is 0.234 e. The number of nitrogens with zero attached hydrogens (tertiary/aromatic N) is 2. The maximum atomic E-state index is 12.2. The molecule has 0 aliphatic rings. The zero-order valence-corrected chi connectivity index (χ0v) is 18.4. The average Bonchev–Trinajstić information content (AvgIpc) is 2.95. The van der Waals surface area contributed by atoms with Crippen molar-refractivity contribution in [1.82, 2.24) is 9.78 Å². The number of aryl methyl sites for hydroxylation is 2. The van der Waals surface area contributed by atoms with Crippen molar-refractivity contribution in [1.29, 1.82) is 0 Å². The summed E-state index contributed by atoms with van der Waals surface area (Å²) < 4.78 is 2.90. The second-order valence-electron chi connectivity index (χ2n) is 5.86. The number of hydrogen-bond acceptors (Lipinski definition) is 5. The lowest BCUT2D eigenvalue weighted by Gasteiger charge is -2.06. The van der Waals surface area contributed by atoms with Crippen LogP contribution in [0.5, 0.6) is 0 Å². The highest BCUT2D eigenvalue weighted by Crippen LogP contribution is 2.28. The third-order valence-corrected chi connectivity index (χ3v) is 6.61. The van der Waals surface area contributed by atoms with E-state index in [1.165, 1.54) is 23.1 Å². The van der Waals surface area contributed by atoms with Crippen LogP contribution in [0.4, 0.5) is 5.69 Å². The molecule has 3 rings (SSSR count). The molecule has 2 aromatic carbocycles. The summed E-state index contributed by atoms with van der Waals surface area (Å²) >= 11 is 20.1. The number of benzene rings is 2. The van der Waals surface area contributed by atoms with Crippen LogP contribution in [-0.4, -0.2) is 21.4 Å². The Hall–Kier alpha value is -1.38. The van der Waals surface area contributed by atoms with E-state index >= 15 is 0 Å². The van der Waals surface area contributed by atoms with Crippen molar-refractivity contribution in [2.24, 2.45) is 0 Å². The molecule has 0 aliphatic carbocycles. The van der Waals surface area contributed by atoms with Crippen LogP contribution in [0.25, 0.3) is 5.69 Å². The quantitative estimate of drug-likeness (QED) is 0.361. The van der Waals surface area contributed by atoms with E-state index in [0.29, 0.717) is 18.3 Å². The molecule has 1 amide bonds. The van der Waals surface area contributed by atoms with Crippen LogP contribution in [0.2, 0.25) is 10.0 Å². The summed E-state index contributed by atoms with van der Waals surface area (Å²) in [6, 6.07) is 11.2. The van der Waals surface area contributed by atoms with E-state index in [-0.39, 0.29) is 11.7 Å². The van der Waals surface area contributed by atoms with Crippen LogP contribution in [0.1, 0.15) is 11.1 Å². The lowest BCUT2D eigenvalue weighted by molar-refractivity contribution is -0.113. The van der Waals surface area contributed by atoms with E-state index in [1.54, 1.807) is 22.9 Å². The van der Waals surface area contributed by atoms with Gasteiger partial charge in [0, 0.05) is 5.69 Å². The molecule has 0 radical (unpaired) electrons. The molecule has 0 saturated carbocycles. The fourth-order valence-electron chi connectivity index (χ4n) is 2.47. The van der Waals surface area contributed by atoms with Gasteiger partial charge in [0.2, 0.25) is 5.91 Å². The van der Waals surface area contributed by atoms with Crippen LogP contribution in [0.3, 0.4) is 0 Å². The Morgan fingerprint density at radius 3 is 2.56 bits per heavy atom. The van der Waals surface area contributed by atoms with Crippen LogP contribution in [0, 0.1) is 17.8 Å². The number of aromatic nitrogens is 2. The van der Waals surface area contributed by atoms with Crippen molar-refractivity contribution in [3.63, 3.8) is 0 Å². The van der Waals surface area contributed by atoms with Crippen LogP contribution < -0.4 is 5.32 Å². The Morgan fingerprint density at radius 2 is 1.89 bits per heavy atom. The zero-order valence-electron chi connectivity index (χ0n) is 14.5. The Labute approximate surface area is 180 Å². The van der Waals surface area contributed by atoms with E-state index in [9.17, 15) is 4.79 Å². The Bertz CT molecular complexity index is 1040. The summed E-state index contributed by atoms with van der Waals surface area (Å²) in [5, 5.41) is 8.29. The summed E-state index contributed by atoms with van der Waals surface area (Å²) in [5.74, 6) is 0.156. The molecule has 0 aliphatic heterocycles. The molecule has 3 aromatic rings. The maximum absolute atomic E-state index is 12.2. The van der Waals surface area contributed by atoms with E-state index in [4.69, 9.17) is 35.4 Å². The Balaban J connectivity index is 1.67. The first-order valence-electron chi connectivity index (χ1n) is 7.88. The molecule has 0 atom stereocenters. The van der Waals surface area contributed by atoms with Crippen molar-refractivity contribution < 1.29 is 4.79 Å². The first-order chi connectivity index (χ1) is 12.8. The van der Waals surface area contributed by atoms with Crippen molar-refractivity contribution in [2.75, 3.05) is 11.1 Å². The normalized spacial score (nSPS) is 10.8. The lowest BCUT2D eigenvalue weighted by atomic mass is 10.1. The minimum atomic E-state index is -0.0906. The van der Waals surface area contributed by atoms with Gasteiger partial charge in [-0.05, 0) is 67.5 Å². The molecule has 0 spiro atoms. The highest BCUT2D eigenvalue weighted by atomic mass is 35.5. The van der Waals surface area contributed by atoms with Crippen molar-refractivity contribution >= 4 is 70.1 Å². The highest BCUT2D eigenvalue weighted by Gasteiger charge is 2.11. The van der Waals surface area contributed by atoms with Crippen molar-refractivity contribution in [3.05, 3.63) is 61.5 Å². The molecular weight excluding hydrogens is 441 g/mol. The SMILES string of the molecule is Cc1cc(C)cc(NC(=O)CSc2nn(-c3ccc(Cl)c(Cl)c3)c(=S)s2)c1. The third-order valence-electron chi connectivity index (χ3n) is 3.51. The van der Waals surface area contributed by atoms with Crippen molar-refractivity contribution in [3.8, 4) is 5.69 Å². The largest absolute Gasteiger partial charge is 0.325 e.